The fourth-order valence-corrected chi connectivity index (χ4v) is 1.86. The monoisotopic (exact) mass is 277 g/mol. The van der Waals surface area contributed by atoms with Gasteiger partial charge in [0.05, 0.1) is 12.2 Å². The van der Waals surface area contributed by atoms with Crippen molar-refractivity contribution in [3.8, 4) is 0 Å². The van der Waals surface area contributed by atoms with E-state index in [-0.39, 0.29) is 18.1 Å². The van der Waals surface area contributed by atoms with Crippen LogP contribution in [0.15, 0.2) is 24.3 Å². The molecule has 0 spiro atoms. The van der Waals surface area contributed by atoms with Crippen LogP contribution in [0.2, 0.25) is 0 Å². The molecule has 0 atom stereocenters. The van der Waals surface area contributed by atoms with Crippen molar-refractivity contribution in [3.05, 3.63) is 35.4 Å². The fourth-order valence-electron chi connectivity index (χ4n) is 1.86. The van der Waals surface area contributed by atoms with E-state index in [1.54, 1.807) is 18.2 Å². The molecule has 1 amide bonds. The lowest BCUT2D eigenvalue weighted by molar-refractivity contribution is -0.125. The van der Waals surface area contributed by atoms with Crippen molar-refractivity contribution in [3.63, 3.8) is 0 Å². The van der Waals surface area contributed by atoms with Gasteiger partial charge >= 0.3 is 5.97 Å². The maximum absolute atomic E-state index is 11.5. The summed E-state index contributed by atoms with van der Waals surface area (Å²) >= 11 is 0. The van der Waals surface area contributed by atoms with Gasteiger partial charge in [-0.15, -0.1) is 0 Å². The Bertz CT molecular complexity index is 483. The summed E-state index contributed by atoms with van der Waals surface area (Å²) in [4.78, 5) is 22.3. The Labute approximate surface area is 117 Å². The maximum atomic E-state index is 11.5. The Hall–Kier alpha value is -1.88. The highest BCUT2D eigenvalue weighted by atomic mass is 16.5. The molecule has 1 aromatic rings. The lowest BCUT2D eigenvalue weighted by Crippen LogP contribution is -2.29. The van der Waals surface area contributed by atoms with Crippen LogP contribution in [0.4, 0.5) is 0 Å². The summed E-state index contributed by atoms with van der Waals surface area (Å²) in [7, 11) is 0. The molecule has 108 valence electrons. The lowest BCUT2D eigenvalue weighted by Gasteiger charge is -2.06. The number of benzene rings is 1. The van der Waals surface area contributed by atoms with Crippen LogP contribution in [-0.4, -0.2) is 36.7 Å². The summed E-state index contributed by atoms with van der Waals surface area (Å²) in [5.41, 5.74) is 1.16. The molecule has 1 aliphatic rings. The largest absolute Gasteiger partial charge is 0.478 e. The number of amides is 1. The number of carboxylic acid groups (broad SMARTS) is 1. The topological polar surface area (TPSA) is 75.6 Å². The first kappa shape index (κ1) is 14.5. The second kappa shape index (κ2) is 7.05. The summed E-state index contributed by atoms with van der Waals surface area (Å²) in [5.74, 6) is -0.411. The summed E-state index contributed by atoms with van der Waals surface area (Å²) in [6, 6.07) is 6.73. The van der Waals surface area contributed by atoms with Crippen molar-refractivity contribution in [1.82, 2.24) is 5.32 Å². The van der Waals surface area contributed by atoms with Gasteiger partial charge in [-0.3, -0.25) is 4.79 Å². The molecule has 2 N–H and O–H groups in total. The Morgan fingerprint density at radius 3 is 2.85 bits per heavy atom. The zero-order valence-corrected chi connectivity index (χ0v) is 11.3. The maximum Gasteiger partial charge on any atom is 0.335 e. The van der Waals surface area contributed by atoms with Crippen LogP contribution in [0.3, 0.4) is 0 Å². The summed E-state index contributed by atoms with van der Waals surface area (Å²) in [5, 5.41) is 11.6. The zero-order chi connectivity index (χ0) is 14.4. The van der Waals surface area contributed by atoms with Gasteiger partial charge in [0.15, 0.2) is 0 Å². The molecule has 2 rings (SSSR count). The van der Waals surface area contributed by atoms with E-state index in [2.05, 4.69) is 5.32 Å². The number of hydrogen-bond acceptors (Lipinski definition) is 3. The smallest absolute Gasteiger partial charge is 0.335 e. The van der Waals surface area contributed by atoms with Crippen molar-refractivity contribution in [2.45, 2.75) is 19.3 Å². The van der Waals surface area contributed by atoms with E-state index >= 15 is 0 Å². The third kappa shape index (κ3) is 5.01. The van der Waals surface area contributed by atoms with Crippen molar-refractivity contribution in [1.29, 1.82) is 0 Å². The van der Waals surface area contributed by atoms with Gasteiger partial charge in [-0.05, 0) is 42.9 Å². The predicted octanol–water partition coefficient (Wildman–Crippen LogP) is 1.47. The zero-order valence-electron chi connectivity index (χ0n) is 11.3. The first-order valence-corrected chi connectivity index (χ1v) is 6.82. The van der Waals surface area contributed by atoms with Crippen LogP contribution in [0.25, 0.3) is 0 Å². The molecule has 0 radical (unpaired) electrons. The van der Waals surface area contributed by atoms with Crippen LogP contribution in [0.5, 0.6) is 0 Å². The van der Waals surface area contributed by atoms with E-state index in [9.17, 15) is 9.59 Å². The standard InChI is InChI=1S/C15H19NO4/c17-14(10-20-9-12-4-5-12)16-7-6-11-2-1-3-13(8-11)15(18)19/h1-3,8,12H,4-7,9-10H2,(H,16,17)(H,18,19). The molecule has 5 heteroatoms. The number of carbonyl (C=O) groups excluding carboxylic acids is 1. The highest BCUT2D eigenvalue weighted by molar-refractivity contribution is 5.87. The van der Waals surface area contributed by atoms with E-state index < -0.39 is 5.97 Å². The molecule has 0 aliphatic heterocycles. The molecule has 1 aromatic carbocycles. The SMILES string of the molecule is O=C(COCC1CC1)NCCc1cccc(C(=O)O)c1. The van der Waals surface area contributed by atoms with E-state index in [1.807, 2.05) is 6.07 Å². The van der Waals surface area contributed by atoms with Gasteiger partial charge in [0.1, 0.15) is 6.61 Å². The Morgan fingerprint density at radius 1 is 1.35 bits per heavy atom. The Balaban J connectivity index is 1.65. The minimum Gasteiger partial charge on any atom is -0.478 e. The third-order valence-corrected chi connectivity index (χ3v) is 3.19. The first-order valence-electron chi connectivity index (χ1n) is 6.82. The molecule has 0 aromatic heterocycles. The van der Waals surface area contributed by atoms with Crippen molar-refractivity contribution < 1.29 is 19.4 Å². The molecule has 0 bridgehead atoms. The second-order valence-corrected chi connectivity index (χ2v) is 5.06. The van der Waals surface area contributed by atoms with Gasteiger partial charge in [-0.25, -0.2) is 4.79 Å². The quantitative estimate of drug-likeness (QED) is 0.754. The molecule has 5 nitrogen and oxygen atoms in total. The highest BCUT2D eigenvalue weighted by Crippen LogP contribution is 2.28. The van der Waals surface area contributed by atoms with Gasteiger partial charge in [-0.2, -0.15) is 0 Å². The average Bonchev–Trinajstić information content (AvgIpc) is 3.23. The lowest BCUT2D eigenvalue weighted by atomic mass is 10.1. The number of carboxylic acids is 1. The third-order valence-electron chi connectivity index (χ3n) is 3.19. The summed E-state index contributed by atoms with van der Waals surface area (Å²) < 4.78 is 5.28. The van der Waals surface area contributed by atoms with Crippen LogP contribution in [0.1, 0.15) is 28.8 Å². The normalized spacial score (nSPS) is 14.0. The van der Waals surface area contributed by atoms with Crippen LogP contribution < -0.4 is 5.32 Å². The average molecular weight is 277 g/mol. The van der Waals surface area contributed by atoms with E-state index in [0.29, 0.717) is 25.5 Å². The Kier molecular flexibility index (Phi) is 5.12. The summed E-state index contributed by atoms with van der Waals surface area (Å²) in [6.07, 6.45) is 3.03. The minimum absolute atomic E-state index is 0.103. The number of aromatic carboxylic acids is 1. The number of nitrogens with one attached hydrogen (secondary N) is 1. The highest BCUT2D eigenvalue weighted by Gasteiger charge is 2.21. The molecule has 0 saturated heterocycles. The Morgan fingerprint density at radius 2 is 2.15 bits per heavy atom. The number of carbonyl (C=O) groups is 2. The molecule has 1 aliphatic carbocycles. The number of ether oxygens (including phenoxy) is 1. The van der Waals surface area contributed by atoms with E-state index in [1.165, 1.54) is 12.8 Å². The minimum atomic E-state index is -0.940. The van der Waals surface area contributed by atoms with Gasteiger partial charge in [-0.1, -0.05) is 12.1 Å². The van der Waals surface area contributed by atoms with Crippen molar-refractivity contribution in [2.24, 2.45) is 5.92 Å². The molecule has 0 heterocycles. The van der Waals surface area contributed by atoms with Crippen molar-refractivity contribution >= 4 is 11.9 Å². The predicted molar refractivity (Wildman–Crippen MR) is 73.7 cm³/mol. The first-order chi connectivity index (χ1) is 9.65. The number of rotatable bonds is 8. The van der Waals surface area contributed by atoms with Gasteiger partial charge in [0.2, 0.25) is 5.91 Å². The van der Waals surface area contributed by atoms with Gasteiger partial charge in [0, 0.05) is 6.54 Å². The van der Waals surface area contributed by atoms with Crippen LogP contribution in [0, 0.1) is 5.92 Å². The fraction of sp³-hybridized carbons (Fsp3) is 0.467. The number of hydrogen-bond donors (Lipinski definition) is 2. The second-order valence-electron chi connectivity index (χ2n) is 5.06. The van der Waals surface area contributed by atoms with Gasteiger partial charge in [0.25, 0.3) is 0 Å². The molecule has 20 heavy (non-hydrogen) atoms. The molecular weight excluding hydrogens is 258 g/mol. The summed E-state index contributed by atoms with van der Waals surface area (Å²) in [6.45, 7) is 1.26. The molecule has 1 fully saturated rings. The molecule has 1 saturated carbocycles. The van der Waals surface area contributed by atoms with Crippen molar-refractivity contribution in [2.75, 3.05) is 19.8 Å². The van der Waals surface area contributed by atoms with Gasteiger partial charge < -0.3 is 15.2 Å². The van der Waals surface area contributed by atoms with E-state index in [4.69, 9.17) is 9.84 Å². The molecular formula is C15H19NO4. The van der Waals surface area contributed by atoms with Crippen LogP contribution in [-0.2, 0) is 16.0 Å². The van der Waals surface area contributed by atoms with E-state index in [0.717, 1.165) is 5.56 Å². The van der Waals surface area contributed by atoms with Crippen LogP contribution >= 0.6 is 0 Å². The molecule has 0 unspecified atom stereocenters.